The average Bonchev–Trinajstić information content (AvgIpc) is 2.82. The van der Waals surface area contributed by atoms with Crippen LogP contribution in [0.1, 0.15) is 5.56 Å². The predicted molar refractivity (Wildman–Crippen MR) is 144 cm³/mol. The second-order valence-electron chi connectivity index (χ2n) is 6.62. The first kappa shape index (κ1) is 24.1. The number of halogens is 2. The molecule has 0 fully saturated rings. The van der Waals surface area contributed by atoms with E-state index in [9.17, 15) is 10.1 Å². The number of hydrogen-bond acceptors (Lipinski definition) is 2. The molecule has 0 unspecified atom stereocenters. The van der Waals surface area contributed by atoms with Crippen LogP contribution in [0.3, 0.4) is 0 Å². The summed E-state index contributed by atoms with van der Waals surface area (Å²) in [5, 5.41) is 14.5. The van der Waals surface area contributed by atoms with Crippen LogP contribution in [0, 0.1) is 10.1 Å². The lowest BCUT2D eigenvalue weighted by atomic mass is 10.2. The first-order valence-electron chi connectivity index (χ1n) is 9.77. The lowest BCUT2D eigenvalue weighted by Crippen LogP contribution is -2.20. The van der Waals surface area contributed by atoms with Crippen LogP contribution < -0.4 is 15.9 Å². The smallest absolute Gasteiger partial charge is 0.258 e. The Balaban J connectivity index is 0.000000195. The highest BCUT2D eigenvalue weighted by atomic mass is 79.9. The first-order chi connectivity index (χ1) is 15.5. The lowest BCUT2D eigenvalue weighted by molar-refractivity contribution is -0.384. The molecule has 160 valence electrons. The highest BCUT2D eigenvalue weighted by Gasteiger charge is 2.15. The predicted octanol–water partition coefficient (Wildman–Crippen LogP) is 7.13. The van der Waals surface area contributed by atoms with Crippen LogP contribution in [-0.4, -0.2) is 4.92 Å². The monoisotopic (exact) mass is 567 g/mol. The summed E-state index contributed by atoms with van der Waals surface area (Å²) in [5.74, 6) is 0. The molecule has 0 aliphatic heterocycles. The third kappa shape index (κ3) is 7.23. The quantitative estimate of drug-likeness (QED) is 0.146. The van der Waals surface area contributed by atoms with E-state index >= 15 is 0 Å². The molecule has 0 spiro atoms. The molecular weight excluding hydrogens is 549 g/mol. The Morgan fingerprint density at radius 3 is 1.34 bits per heavy atom. The first-order valence-corrected chi connectivity index (χ1v) is 12.7. The van der Waals surface area contributed by atoms with Crippen molar-refractivity contribution in [2.24, 2.45) is 0 Å². The molecule has 4 aromatic rings. The lowest BCUT2D eigenvalue weighted by Gasteiger charge is -2.18. The molecule has 0 saturated carbocycles. The fourth-order valence-electron chi connectivity index (χ4n) is 3.00. The van der Waals surface area contributed by atoms with E-state index in [-0.39, 0.29) is 5.69 Å². The van der Waals surface area contributed by atoms with Crippen LogP contribution in [-0.2, 0) is 0 Å². The summed E-state index contributed by atoms with van der Waals surface area (Å²) in [6.45, 7) is 0. The van der Waals surface area contributed by atoms with Crippen molar-refractivity contribution in [3.63, 3.8) is 0 Å². The van der Waals surface area contributed by atoms with Gasteiger partial charge in [-0.05, 0) is 79.5 Å². The van der Waals surface area contributed by atoms with Crippen LogP contribution in [0.5, 0.6) is 0 Å². The number of rotatable bonds is 5. The molecule has 0 amide bonds. The third-order valence-corrected chi connectivity index (χ3v) is 7.32. The summed E-state index contributed by atoms with van der Waals surface area (Å²) in [6, 6.07) is 38.6. The Kier molecular flexibility index (Phi) is 9.36. The van der Waals surface area contributed by atoms with E-state index in [4.69, 9.17) is 0 Å². The molecule has 0 atom stereocenters. The number of nitro benzene ring substituents is 1. The number of benzene rings is 4. The number of non-ortho nitro benzene ring substituents is 1. The summed E-state index contributed by atoms with van der Waals surface area (Å²) in [4.78, 5) is 9.89. The van der Waals surface area contributed by atoms with Crippen molar-refractivity contribution < 1.29 is 4.92 Å². The van der Waals surface area contributed by atoms with E-state index in [1.807, 2.05) is 6.08 Å². The summed E-state index contributed by atoms with van der Waals surface area (Å²) >= 11 is 6.40. The van der Waals surface area contributed by atoms with Crippen LogP contribution >= 0.6 is 39.8 Å². The summed E-state index contributed by atoms with van der Waals surface area (Å²) in [5.41, 5.74) is 0.997. The van der Waals surface area contributed by atoms with Crippen molar-refractivity contribution in [2.45, 2.75) is 0 Å². The van der Waals surface area contributed by atoms with Gasteiger partial charge in [-0.3, -0.25) is 10.1 Å². The van der Waals surface area contributed by atoms with Crippen molar-refractivity contribution in [2.75, 3.05) is 0 Å². The highest BCUT2D eigenvalue weighted by molar-refractivity contribution is 9.28. The number of hydrogen-bond donors (Lipinski definition) is 0. The Hall–Kier alpha value is -2.59. The molecule has 32 heavy (non-hydrogen) atoms. The van der Waals surface area contributed by atoms with Crippen LogP contribution in [0.2, 0.25) is 0 Å². The Bertz CT molecular complexity index is 1050. The zero-order chi connectivity index (χ0) is 22.8. The van der Waals surface area contributed by atoms with Gasteiger partial charge in [-0.1, -0.05) is 91.0 Å². The Morgan fingerprint density at radius 1 is 0.656 bits per heavy atom. The van der Waals surface area contributed by atoms with E-state index in [1.54, 1.807) is 12.1 Å². The maximum absolute atomic E-state index is 10.3. The largest absolute Gasteiger partial charge is 0.269 e. The SMILES string of the molecule is O=[N+]([O-])c1ccc(C=C(Br)Br)cc1.c1ccc(P(c2ccccc2)c2ccccc2)cc1. The zero-order valence-corrected chi connectivity index (χ0v) is 21.1. The van der Waals surface area contributed by atoms with Crippen molar-refractivity contribution >= 4 is 67.5 Å². The molecule has 0 aromatic heterocycles. The van der Waals surface area contributed by atoms with Gasteiger partial charge in [-0.25, -0.2) is 0 Å². The van der Waals surface area contributed by atoms with E-state index < -0.39 is 12.8 Å². The topological polar surface area (TPSA) is 43.1 Å². The van der Waals surface area contributed by atoms with Gasteiger partial charge < -0.3 is 0 Å². The van der Waals surface area contributed by atoms with Crippen LogP contribution in [0.25, 0.3) is 6.08 Å². The van der Waals surface area contributed by atoms with Gasteiger partial charge in [-0.2, -0.15) is 0 Å². The molecular formula is C26H20Br2NO2P. The number of nitrogens with zero attached hydrogens (tertiary/aromatic N) is 1. The van der Waals surface area contributed by atoms with Crippen molar-refractivity contribution in [1.29, 1.82) is 0 Å². The fraction of sp³-hybridized carbons (Fsp3) is 0. The summed E-state index contributed by atoms with van der Waals surface area (Å²) in [6.07, 6.45) is 1.81. The molecule has 3 nitrogen and oxygen atoms in total. The van der Waals surface area contributed by atoms with Gasteiger partial charge in [0.05, 0.1) is 8.31 Å². The van der Waals surface area contributed by atoms with Gasteiger partial charge in [0, 0.05) is 12.1 Å². The van der Waals surface area contributed by atoms with E-state index in [2.05, 4.69) is 123 Å². The van der Waals surface area contributed by atoms with Gasteiger partial charge in [-0.15, -0.1) is 0 Å². The van der Waals surface area contributed by atoms with E-state index in [1.165, 1.54) is 28.0 Å². The second kappa shape index (κ2) is 12.4. The zero-order valence-electron chi connectivity index (χ0n) is 17.0. The molecule has 4 aromatic carbocycles. The van der Waals surface area contributed by atoms with Gasteiger partial charge in [0.1, 0.15) is 0 Å². The molecule has 0 aliphatic carbocycles. The van der Waals surface area contributed by atoms with Gasteiger partial charge in [0.25, 0.3) is 5.69 Å². The third-order valence-electron chi connectivity index (χ3n) is 4.42. The average molecular weight is 569 g/mol. The van der Waals surface area contributed by atoms with Crippen LogP contribution in [0.15, 0.2) is 119 Å². The normalized spacial score (nSPS) is 10.1. The van der Waals surface area contributed by atoms with Crippen molar-refractivity contribution in [3.05, 3.63) is 134 Å². The van der Waals surface area contributed by atoms with Gasteiger partial charge >= 0.3 is 0 Å². The van der Waals surface area contributed by atoms with Crippen molar-refractivity contribution in [3.8, 4) is 0 Å². The molecule has 0 N–H and O–H groups in total. The fourth-order valence-corrected chi connectivity index (χ4v) is 5.83. The molecule has 0 saturated heterocycles. The van der Waals surface area contributed by atoms with Gasteiger partial charge in [0.15, 0.2) is 0 Å². The van der Waals surface area contributed by atoms with Gasteiger partial charge in [0.2, 0.25) is 0 Å². The van der Waals surface area contributed by atoms with E-state index in [0.29, 0.717) is 0 Å². The maximum Gasteiger partial charge on any atom is 0.269 e. The Morgan fingerprint density at radius 2 is 1.03 bits per heavy atom. The standard InChI is InChI=1S/C18H15P.C8H5Br2NO2/c1-4-10-16(11-5-1)19(17-12-6-2-7-13-17)18-14-8-3-9-15-18;9-8(10)5-6-1-3-7(4-2-6)11(12)13/h1-15H;1-5H. The summed E-state index contributed by atoms with van der Waals surface area (Å²) < 4.78 is 0.800. The van der Waals surface area contributed by atoms with E-state index in [0.717, 1.165) is 8.96 Å². The molecule has 0 aliphatic rings. The Labute approximate surface area is 206 Å². The van der Waals surface area contributed by atoms with Crippen molar-refractivity contribution in [1.82, 2.24) is 0 Å². The number of nitro groups is 1. The maximum atomic E-state index is 10.3. The minimum absolute atomic E-state index is 0.0999. The molecule has 4 rings (SSSR count). The minimum Gasteiger partial charge on any atom is -0.258 e. The molecule has 0 bridgehead atoms. The highest BCUT2D eigenvalue weighted by Crippen LogP contribution is 2.32. The molecule has 6 heteroatoms. The molecule has 0 heterocycles. The molecule has 0 radical (unpaired) electrons. The minimum atomic E-state index is -0.446. The summed E-state index contributed by atoms with van der Waals surface area (Å²) in [7, 11) is -0.446. The van der Waals surface area contributed by atoms with Crippen LogP contribution in [0.4, 0.5) is 5.69 Å². The second-order valence-corrected chi connectivity index (χ2v) is 11.6.